The summed E-state index contributed by atoms with van der Waals surface area (Å²) < 4.78 is 3.47. The van der Waals surface area contributed by atoms with Crippen LogP contribution in [0.25, 0.3) is 27.8 Å². The smallest absolute Gasteiger partial charge is 0.270 e. The van der Waals surface area contributed by atoms with Gasteiger partial charge in [-0.3, -0.25) is 9.48 Å². The van der Waals surface area contributed by atoms with Crippen LogP contribution in [0.1, 0.15) is 5.56 Å². The van der Waals surface area contributed by atoms with Crippen molar-refractivity contribution in [1.29, 1.82) is 5.26 Å². The van der Waals surface area contributed by atoms with Crippen molar-refractivity contribution < 1.29 is 5.11 Å². The molecule has 4 aromatic rings. The molecule has 122 valence electrons. The van der Waals surface area contributed by atoms with E-state index < -0.39 is 5.56 Å². The fourth-order valence-corrected chi connectivity index (χ4v) is 2.89. The lowest BCUT2D eigenvalue weighted by atomic mass is 10.1. The first kappa shape index (κ1) is 14.8. The minimum absolute atomic E-state index is 0.292. The van der Waals surface area contributed by atoms with Crippen LogP contribution in [0, 0.1) is 11.3 Å². The van der Waals surface area contributed by atoms with Crippen LogP contribution in [0.4, 0.5) is 0 Å². The Bertz CT molecular complexity index is 1190. The lowest BCUT2D eigenvalue weighted by Crippen LogP contribution is -2.10. The first-order valence-corrected chi connectivity index (χ1v) is 7.54. The fraction of sp³-hybridized carbons (Fsp3) is 0.0556. The molecule has 0 saturated heterocycles. The molecular formula is C18H13N5O2. The van der Waals surface area contributed by atoms with Gasteiger partial charge in [0.15, 0.2) is 11.3 Å². The average molecular weight is 331 g/mol. The number of fused-ring (bicyclic) bond motifs is 1. The molecule has 2 N–H and O–H groups in total. The van der Waals surface area contributed by atoms with Crippen molar-refractivity contribution in [2.45, 2.75) is 0 Å². The van der Waals surface area contributed by atoms with E-state index >= 15 is 0 Å². The van der Waals surface area contributed by atoms with Gasteiger partial charge in [0.05, 0.1) is 11.7 Å². The molecule has 0 saturated carbocycles. The molecule has 4 rings (SSSR count). The second kappa shape index (κ2) is 5.39. The van der Waals surface area contributed by atoms with E-state index in [2.05, 4.69) is 10.1 Å². The highest BCUT2D eigenvalue weighted by Crippen LogP contribution is 2.29. The molecule has 0 bridgehead atoms. The van der Waals surface area contributed by atoms with E-state index in [9.17, 15) is 9.90 Å². The van der Waals surface area contributed by atoms with E-state index in [-0.39, 0.29) is 11.3 Å². The molecule has 0 unspecified atom stereocenters. The minimum Gasteiger partial charge on any atom is -0.504 e. The molecule has 0 aliphatic rings. The zero-order valence-electron chi connectivity index (χ0n) is 13.3. The maximum atomic E-state index is 11.8. The SMILES string of the molecule is Cn1cc(-c2ccc(-n3ccc4[nH]c(=O)c(C#N)c(O)c43)cc2)cn1. The fourth-order valence-electron chi connectivity index (χ4n) is 2.89. The number of aromatic nitrogens is 4. The number of nitriles is 1. The van der Waals surface area contributed by atoms with E-state index in [4.69, 9.17) is 5.26 Å². The monoisotopic (exact) mass is 331 g/mol. The van der Waals surface area contributed by atoms with Crippen molar-refractivity contribution >= 4 is 11.0 Å². The number of pyridine rings is 1. The first-order valence-electron chi connectivity index (χ1n) is 7.54. The average Bonchev–Trinajstić information content (AvgIpc) is 3.22. The second-order valence-corrected chi connectivity index (χ2v) is 5.69. The van der Waals surface area contributed by atoms with Crippen LogP contribution < -0.4 is 5.56 Å². The van der Waals surface area contributed by atoms with E-state index in [0.29, 0.717) is 11.0 Å². The molecule has 1 aromatic carbocycles. The Kier molecular flexibility index (Phi) is 3.18. The maximum absolute atomic E-state index is 11.8. The van der Waals surface area contributed by atoms with Gasteiger partial charge >= 0.3 is 0 Å². The molecule has 25 heavy (non-hydrogen) atoms. The van der Waals surface area contributed by atoms with Gasteiger partial charge in [0.1, 0.15) is 11.6 Å². The molecule has 7 nitrogen and oxygen atoms in total. The third-order valence-corrected chi connectivity index (χ3v) is 4.12. The van der Waals surface area contributed by atoms with Crippen LogP contribution in [0.3, 0.4) is 0 Å². The van der Waals surface area contributed by atoms with Crippen molar-refractivity contribution in [3.63, 3.8) is 0 Å². The van der Waals surface area contributed by atoms with E-state index in [1.165, 1.54) is 0 Å². The first-order chi connectivity index (χ1) is 12.1. The van der Waals surface area contributed by atoms with Gasteiger partial charge in [-0.1, -0.05) is 12.1 Å². The largest absolute Gasteiger partial charge is 0.504 e. The summed E-state index contributed by atoms with van der Waals surface area (Å²) in [7, 11) is 1.86. The number of aromatic hydroxyl groups is 1. The van der Waals surface area contributed by atoms with Gasteiger partial charge in [0.25, 0.3) is 5.56 Å². The second-order valence-electron chi connectivity index (χ2n) is 5.69. The van der Waals surface area contributed by atoms with Gasteiger partial charge in [0, 0.05) is 30.7 Å². The van der Waals surface area contributed by atoms with E-state index in [1.807, 2.05) is 37.5 Å². The standard InChI is InChI=1S/C18H13N5O2/c1-22-10-12(9-20-22)11-2-4-13(5-3-11)23-7-6-15-16(23)17(24)14(8-19)18(25)21-15/h2-7,9-10H,1H3,(H2,21,24,25). The number of benzene rings is 1. The third-order valence-electron chi connectivity index (χ3n) is 4.12. The Morgan fingerprint density at radius 2 is 1.96 bits per heavy atom. The topological polar surface area (TPSA) is 99.6 Å². The lowest BCUT2D eigenvalue weighted by molar-refractivity contribution is 0.476. The molecule has 0 atom stereocenters. The van der Waals surface area contributed by atoms with Gasteiger partial charge in [-0.05, 0) is 23.8 Å². The Morgan fingerprint density at radius 3 is 2.60 bits per heavy atom. The summed E-state index contributed by atoms with van der Waals surface area (Å²) in [6.07, 6.45) is 5.45. The van der Waals surface area contributed by atoms with Crippen molar-refractivity contribution in [2.75, 3.05) is 0 Å². The van der Waals surface area contributed by atoms with Crippen LogP contribution in [0.2, 0.25) is 0 Å². The molecule has 0 radical (unpaired) electrons. The summed E-state index contributed by atoms with van der Waals surface area (Å²) in [5.41, 5.74) is 2.79. The van der Waals surface area contributed by atoms with Gasteiger partial charge in [-0.2, -0.15) is 10.4 Å². The molecule has 3 aromatic heterocycles. The minimum atomic E-state index is -0.600. The van der Waals surface area contributed by atoms with Gasteiger partial charge < -0.3 is 14.7 Å². The highest BCUT2D eigenvalue weighted by Gasteiger charge is 2.15. The molecular weight excluding hydrogens is 318 g/mol. The highest BCUT2D eigenvalue weighted by molar-refractivity contribution is 5.86. The number of H-pyrrole nitrogens is 1. The van der Waals surface area contributed by atoms with E-state index in [0.717, 1.165) is 16.8 Å². The summed E-state index contributed by atoms with van der Waals surface area (Å²) in [4.78, 5) is 14.4. The van der Waals surface area contributed by atoms with Crippen molar-refractivity contribution in [2.24, 2.45) is 7.05 Å². The van der Waals surface area contributed by atoms with Gasteiger partial charge in [-0.15, -0.1) is 0 Å². The Labute approximate surface area is 142 Å². The Morgan fingerprint density at radius 1 is 1.20 bits per heavy atom. The Balaban J connectivity index is 1.85. The summed E-state index contributed by atoms with van der Waals surface area (Å²) in [6.45, 7) is 0. The van der Waals surface area contributed by atoms with Crippen LogP contribution in [0.5, 0.6) is 5.75 Å². The molecule has 0 amide bonds. The van der Waals surface area contributed by atoms with Crippen molar-refractivity contribution in [1.82, 2.24) is 19.3 Å². The normalized spacial score (nSPS) is 10.9. The van der Waals surface area contributed by atoms with Crippen LogP contribution >= 0.6 is 0 Å². The predicted molar refractivity (Wildman–Crippen MR) is 92.5 cm³/mol. The van der Waals surface area contributed by atoms with Gasteiger partial charge in [-0.25, -0.2) is 0 Å². The quantitative estimate of drug-likeness (QED) is 0.588. The van der Waals surface area contributed by atoms with E-state index in [1.54, 1.807) is 33.8 Å². The molecule has 0 aliphatic heterocycles. The summed E-state index contributed by atoms with van der Waals surface area (Å²) in [6, 6.07) is 11.1. The highest BCUT2D eigenvalue weighted by atomic mass is 16.3. The number of nitrogens with one attached hydrogen (secondary N) is 1. The zero-order valence-corrected chi connectivity index (χ0v) is 13.3. The number of hydrogen-bond acceptors (Lipinski definition) is 4. The summed E-state index contributed by atoms with van der Waals surface area (Å²) in [5.74, 6) is -0.317. The number of rotatable bonds is 2. The van der Waals surface area contributed by atoms with Gasteiger partial charge in [0.2, 0.25) is 0 Å². The van der Waals surface area contributed by atoms with Crippen LogP contribution in [0.15, 0.2) is 53.7 Å². The predicted octanol–water partition coefficient (Wildman–Crippen LogP) is 2.30. The molecule has 0 fully saturated rings. The zero-order chi connectivity index (χ0) is 17.6. The van der Waals surface area contributed by atoms with Crippen LogP contribution in [-0.4, -0.2) is 24.4 Å². The number of hydrogen-bond donors (Lipinski definition) is 2. The van der Waals surface area contributed by atoms with Crippen molar-refractivity contribution in [3.05, 3.63) is 64.8 Å². The maximum Gasteiger partial charge on any atom is 0.270 e. The number of aromatic amines is 1. The molecule has 0 aliphatic carbocycles. The summed E-state index contributed by atoms with van der Waals surface area (Å²) >= 11 is 0. The third kappa shape index (κ3) is 2.28. The van der Waals surface area contributed by atoms with Crippen LogP contribution in [-0.2, 0) is 7.05 Å². The lowest BCUT2D eigenvalue weighted by Gasteiger charge is -2.08. The Hall–Kier alpha value is -3.79. The molecule has 3 heterocycles. The van der Waals surface area contributed by atoms with Crippen molar-refractivity contribution in [3.8, 4) is 28.6 Å². The molecule has 0 spiro atoms. The molecule has 7 heteroatoms. The number of aryl methyl sites for hydroxylation is 1. The summed E-state index contributed by atoms with van der Waals surface area (Å²) in [5, 5.41) is 23.6. The number of nitrogens with zero attached hydrogens (tertiary/aromatic N) is 4.